The molecule has 4 atom stereocenters. The Balaban J connectivity index is 1.38. The maximum absolute atomic E-state index is 13.7. The Morgan fingerprint density at radius 3 is 2.84 bits per heavy atom. The Labute approximate surface area is 180 Å². The van der Waals surface area contributed by atoms with Crippen LogP contribution in [0.1, 0.15) is 48.7 Å². The first-order chi connectivity index (χ1) is 14.9. The van der Waals surface area contributed by atoms with E-state index in [9.17, 15) is 14.0 Å². The number of benzene rings is 1. The number of primary amides is 1. The molecule has 3 aliphatic rings. The van der Waals surface area contributed by atoms with Gasteiger partial charge in [0.15, 0.2) is 0 Å². The van der Waals surface area contributed by atoms with E-state index in [1.54, 1.807) is 21.7 Å². The highest BCUT2D eigenvalue weighted by molar-refractivity contribution is 6.00. The molecule has 1 aromatic heterocycles. The summed E-state index contributed by atoms with van der Waals surface area (Å²) < 4.78 is 15.5. The van der Waals surface area contributed by atoms with E-state index in [0.29, 0.717) is 41.9 Å². The molecular weight excluding hydrogens is 397 g/mol. The maximum atomic E-state index is 13.7. The van der Waals surface area contributed by atoms with Crippen LogP contribution < -0.4 is 11.1 Å². The Kier molecular flexibility index (Phi) is 4.95. The van der Waals surface area contributed by atoms with Crippen LogP contribution in [0.5, 0.6) is 0 Å². The van der Waals surface area contributed by atoms with Gasteiger partial charge in [-0.1, -0.05) is 25.5 Å². The molecule has 0 spiro atoms. The lowest BCUT2D eigenvalue weighted by molar-refractivity contribution is 0.0996. The fraction of sp³-hybridized carbons (Fsp3) is 0.522. The number of rotatable bonds is 3. The third kappa shape index (κ3) is 3.58. The molecule has 3 amide bonds. The van der Waals surface area contributed by atoms with Gasteiger partial charge in [0.2, 0.25) is 0 Å². The summed E-state index contributed by atoms with van der Waals surface area (Å²) in [4.78, 5) is 27.1. The number of amides is 3. The van der Waals surface area contributed by atoms with Crippen LogP contribution in [0.15, 0.2) is 24.3 Å². The minimum atomic E-state index is -0.624. The lowest BCUT2D eigenvalue weighted by atomic mass is 9.78. The molecule has 1 aromatic carbocycles. The Bertz CT molecular complexity index is 1030. The molecule has 2 saturated carbocycles. The first-order valence-corrected chi connectivity index (χ1v) is 11.1. The highest BCUT2D eigenvalue weighted by Gasteiger charge is 2.41. The molecule has 2 aromatic rings. The topological polar surface area (TPSA) is 93.2 Å². The van der Waals surface area contributed by atoms with Gasteiger partial charge in [0.25, 0.3) is 5.91 Å². The van der Waals surface area contributed by atoms with Gasteiger partial charge in [-0.05, 0) is 49.1 Å². The van der Waals surface area contributed by atoms with E-state index in [4.69, 9.17) is 5.73 Å². The molecule has 8 heteroatoms. The van der Waals surface area contributed by atoms with Gasteiger partial charge in [0, 0.05) is 18.2 Å². The predicted molar refractivity (Wildman–Crippen MR) is 113 cm³/mol. The summed E-state index contributed by atoms with van der Waals surface area (Å²) in [5.74, 6) is 0.827. The Morgan fingerprint density at radius 2 is 2.06 bits per heavy atom. The minimum absolute atomic E-state index is 0.0997. The van der Waals surface area contributed by atoms with Crippen LogP contribution in [0, 0.1) is 23.6 Å². The van der Waals surface area contributed by atoms with Crippen LogP contribution in [0.3, 0.4) is 0 Å². The SMILES string of the molecule is CC1CC2CCC(C2)C1NC(=O)N1CCn2nc(-c3cccc(F)c3)c(C(N)=O)c2C1. The third-order valence-corrected chi connectivity index (χ3v) is 7.31. The zero-order valence-corrected chi connectivity index (χ0v) is 17.7. The lowest BCUT2D eigenvalue weighted by Crippen LogP contribution is -2.52. The monoisotopic (exact) mass is 425 g/mol. The molecule has 2 heterocycles. The van der Waals surface area contributed by atoms with E-state index in [0.717, 1.165) is 5.92 Å². The highest BCUT2D eigenvalue weighted by atomic mass is 19.1. The third-order valence-electron chi connectivity index (χ3n) is 7.31. The van der Waals surface area contributed by atoms with E-state index < -0.39 is 11.7 Å². The van der Waals surface area contributed by atoms with Crippen LogP contribution in [0.25, 0.3) is 11.3 Å². The second-order valence-corrected chi connectivity index (χ2v) is 9.32. The molecule has 5 rings (SSSR count). The van der Waals surface area contributed by atoms with Crippen LogP contribution in [-0.2, 0) is 13.1 Å². The van der Waals surface area contributed by atoms with E-state index in [1.165, 1.54) is 37.8 Å². The van der Waals surface area contributed by atoms with Crippen molar-refractivity contribution in [2.45, 2.75) is 51.7 Å². The number of nitrogens with zero attached hydrogens (tertiary/aromatic N) is 3. The number of urea groups is 1. The molecular formula is C23H28FN5O2. The van der Waals surface area contributed by atoms with Gasteiger partial charge >= 0.3 is 6.03 Å². The molecule has 31 heavy (non-hydrogen) atoms. The maximum Gasteiger partial charge on any atom is 0.318 e. The van der Waals surface area contributed by atoms with Crippen LogP contribution in [0.2, 0.25) is 0 Å². The first kappa shape index (κ1) is 20.0. The minimum Gasteiger partial charge on any atom is -0.365 e. The fourth-order valence-corrected chi connectivity index (χ4v) is 5.87. The van der Waals surface area contributed by atoms with E-state index in [-0.39, 0.29) is 24.2 Å². The van der Waals surface area contributed by atoms with Gasteiger partial charge < -0.3 is 16.0 Å². The largest absolute Gasteiger partial charge is 0.365 e. The number of halogens is 1. The standard InChI is InChI=1S/C23H28FN5O2/c1-13-9-14-5-6-16(10-14)20(13)26-23(31)28-7-8-29-18(12-28)19(22(25)30)21(27-29)15-3-2-4-17(24)11-15/h2-4,11,13-14,16,20H,5-10,12H2,1H3,(H2,25,30)(H,26,31). The molecule has 7 nitrogen and oxygen atoms in total. The van der Waals surface area contributed by atoms with Gasteiger partial charge in [-0.2, -0.15) is 5.10 Å². The van der Waals surface area contributed by atoms with Crippen molar-refractivity contribution in [2.75, 3.05) is 6.54 Å². The van der Waals surface area contributed by atoms with Gasteiger partial charge in [0.1, 0.15) is 11.5 Å². The van der Waals surface area contributed by atoms with Crippen molar-refractivity contribution in [1.82, 2.24) is 20.0 Å². The second-order valence-electron chi connectivity index (χ2n) is 9.32. The molecule has 164 valence electrons. The molecule has 2 fully saturated rings. The Hall–Kier alpha value is -2.90. The van der Waals surface area contributed by atoms with E-state index in [1.807, 2.05) is 0 Å². The van der Waals surface area contributed by atoms with Crippen LogP contribution in [0.4, 0.5) is 9.18 Å². The van der Waals surface area contributed by atoms with Gasteiger partial charge in [-0.15, -0.1) is 0 Å². The molecule has 2 aliphatic carbocycles. The van der Waals surface area contributed by atoms with Crippen LogP contribution in [-0.4, -0.2) is 39.2 Å². The zero-order chi connectivity index (χ0) is 21.7. The van der Waals surface area contributed by atoms with Crippen molar-refractivity contribution in [2.24, 2.45) is 23.5 Å². The molecule has 0 saturated heterocycles. The van der Waals surface area contributed by atoms with Crippen molar-refractivity contribution in [3.63, 3.8) is 0 Å². The summed E-state index contributed by atoms with van der Waals surface area (Å²) in [7, 11) is 0. The number of hydrogen-bond donors (Lipinski definition) is 2. The number of carbonyl (C=O) groups is 2. The van der Waals surface area contributed by atoms with Crippen LogP contribution >= 0.6 is 0 Å². The number of fused-ring (bicyclic) bond motifs is 3. The first-order valence-electron chi connectivity index (χ1n) is 11.1. The molecule has 1 aliphatic heterocycles. The average molecular weight is 426 g/mol. The summed E-state index contributed by atoms with van der Waals surface area (Å²) in [6, 6.07) is 6.06. The molecule has 4 unspecified atom stereocenters. The predicted octanol–water partition coefficient (Wildman–Crippen LogP) is 3.14. The molecule has 3 N–H and O–H groups in total. The Morgan fingerprint density at radius 1 is 1.23 bits per heavy atom. The smallest absolute Gasteiger partial charge is 0.318 e. The summed E-state index contributed by atoms with van der Waals surface area (Å²) in [6.07, 6.45) is 4.85. The van der Waals surface area contributed by atoms with Crippen molar-refractivity contribution in [1.29, 1.82) is 0 Å². The molecule has 2 bridgehead atoms. The van der Waals surface area contributed by atoms with Gasteiger partial charge in [0.05, 0.1) is 24.3 Å². The summed E-state index contributed by atoms with van der Waals surface area (Å²) in [5, 5.41) is 7.81. The van der Waals surface area contributed by atoms with Gasteiger partial charge in [-0.25, -0.2) is 9.18 Å². The lowest BCUT2D eigenvalue weighted by Gasteiger charge is -2.37. The van der Waals surface area contributed by atoms with E-state index in [2.05, 4.69) is 17.3 Å². The highest BCUT2D eigenvalue weighted by Crippen LogP contribution is 2.44. The average Bonchev–Trinajstić information content (AvgIpc) is 3.32. The fourth-order valence-electron chi connectivity index (χ4n) is 5.87. The van der Waals surface area contributed by atoms with Crippen molar-refractivity contribution in [3.8, 4) is 11.3 Å². The van der Waals surface area contributed by atoms with E-state index >= 15 is 0 Å². The van der Waals surface area contributed by atoms with Crippen molar-refractivity contribution in [3.05, 3.63) is 41.3 Å². The zero-order valence-electron chi connectivity index (χ0n) is 17.7. The van der Waals surface area contributed by atoms with Crippen molar-refractivity contribution >= 4 is 11.9 Å². The van der Waals surface area contributed by atoms with Crippen molar-refractivity contribution < 1.29 is 14.0 Å². The number of hydrogen-bond acceptors (Lipinski definition) is 3. The number of carbonyl (C=O) groups excluding carboxylic acids is 2. The summed E-state index contributed by atoms with van der Waals surface area (Å²) >= 11 is 0. The number of nitrogens with one attached hydrogen (secondary N) is 1. The number of nitrogens with two attached hydrogens (primary N) is 1. The summed E-state index contributed by atoms with van der Waals surface area (Å²) in [5.41, 5.74) is 7.40. The number of aromatic nitrogens is 2. The van der Waals surface area contributed by atoms with Gasteiger partial charge in [-0.3, -0.25) is 9.48 Å². The summed E-state index contributed by atoms with van der Waals surface area (Å²) in [6.45, 7) is 3.44. The quantitative estimate of drug-likeness (QED) is 0.791. The normalized spacial score (nSPS) is 27.1. The molecule has 0 radical (unpaired) electrons. The second kappa shape index (κ2) is 7.66.